The summed E-state index contributed by atoms with van der Waals surface area (Å²) < 4.78 is 44.6. The van der Waals surface area contributed by atoms with Gasteiger partial charge in [0.25, 0.3) is 0 Å². The summed E-state index contributed by atoms with van der Waals surface area (Å²) in [6.07, 6.45) is -3.94. The van der Waals surface area contributed by atoms with E-state index in [9.17, 15) is 18.0 Å². The Morgan fingerprint density at radius 3 is 2.63 bits per heavy atom. The maximum absolute atomic E-state index is 13.1. The van der Waals surface area contributed by atoms with Crippen molar-refractivity contribution in [2.24, 2.45) is 0 Å². The van der Waals surface area contributed by atoms with Gasteiger partial charge in [0.05, 0.1) is 12.7 Å². The van der Waals surface area contributed by atoms with E-state index < -0.39 is 11.7 Å². The molecule has 27 heavy (non-hydrogen) atoms. The van der Waals surface area contributed by atoms with Crippen LogP contribution in [0.15, 0.2) is 42.5 Å². The molecule has 2 N–H and O–H groups in total. The monoisotopic (exact) mass is 376 g/mol. The predicted molar refractivity (Wildman–Crippen MR) is 97.7 cm³/mol. The SMILES string of the molecule is COc1ccc2[nH]c(-c3cccc(C(F)(F)F)c3)c(CCNC(C)=O)c2c1. The number of ether oxygens (including phenoxy) is 1. The second-order valence-electron chi connectivity index (χ2n) is 6.20. The average Bonchev–Trinajstić information content (AvgIpc) is 2.98. The summed E-state index contributed by atoms with van der Waals surface area (Å²) in [5.41, 5.74) is 1.97. The number of alkyl halides is 3. The molecule has 0 saturated heterocycles. The number of H-pyrrole nitrogens is 1. The predicted octanol–water partition coefficient (Wildman–Crippen LogP) is 4.54. The van der Waals surface area contributed by atoms with Gasteiger partial charge in [-0.2, -0.15) is 13.2 Å². The van der Waals surface area contributed by atoms with E-state index in [1.54, 1.807) is 19.2 Å². The van der Waals surface area contributed by atoms with Gasteiger partial charge >= 0.3 is 6.18 Å². The minimum absolute atomic E-state index is 0.159. The van der Waals surface area contributed by atoms with Crippen molar-refractivity contribution in [3.8, 4) is 17.0 Å². The fourth-order valence-electron chi connectivity index (χ4n) is 3.07. The molecule has 0 fully saturated rings. The summed E-state index contributed by atoms with van der Waals surface area (Å²) in [7, 11) is 1.55. The molecule has 0 spiro atoms. The smallest absolute Gasteiger partial charge is 0.416 e. The van der Waals surface area contributed by atoms with E-state index in [4.69, 9.17) is 4.74 Å². The summed E-state index contributed by atoms with van der Waals surface area (Å²) in [5, 5.41) is 3.58. The Bertz CT molecular complexity index is 977. The molecule has 0 atom stereocenters. The number of benzene rings is 2. The molecular formula is C20H19F3N2O2. The van der Waals surface area contributed by atoms with Crippen molar-refractivity contribution in [3.63, 3.8) is 0 Å². The molecule has 0 aliphatic heterocycles. The summed E-state index contributed by atoms with van der Waals surface area (Å²) >= 11 is 0. The number of amides is 1. The second-order valence-corrected chi connectivity index (χ2v) is 6.20. The molecule has 2 aromatic carbocycles. The maximum Gasteiger partial charge on any atom is 0.416 e. The summed E-state index contributed by atoms with van der Waals surface area (Å²) in [4.78, 5) is 14.4. The number of rotatable bonds is 5. The van der Waals surface area contributed by atoms with E-state index in [-0.39, 0.29) is 5.91 Å². The average molecular weight is 376 g/mol. The maximum atomic E-state index is 13.1. The van der Waals surface area contributed by atoms with Gasteiger partial charge in [0.1, 0.15) is 5.75 Å². The van der Waals surface area contributed by atoms with Crippen molar-refractivity contribution in [2.75, 3.05) is 13.7 Å². The van der Waals surface area contributed by atoms with Gasteiger partial charge in [-0.15, -0.1) is 0 Å². The molecular weight excluding hydrogens is 357 g/mol. The zero-order valence-electron chi connectivity index (χ0n) is 14.9. The van der Waals surface area contributed by atoms with Gasteiger partial charge in [-0.3, -0.25) is 4.79 Å². The number of aromatic amines is 1. The van der Waals surface area contributed by atoms with Crippen LogP contribution in [0.4, 0.5) is 13.2 Å². The molecule has 1 amide bonds. The van der Waals surface area contributed by atoms with Crippen LogP contribution in [-0.2, 0) is 17.4 Å². The highest BCUT2D eigenvalue weighted by atomic mass is 19.4. The fraction of sp³-hybridized carbons (Fsp3) is 0.250. The third-order valence-electron chi connectivity index (χ3n) is 4.34. The molecule has 0 aliphatic carbocycles. The van der Waals surface area contributed by atoms with Gasteiger partial charge in [0.2, 0.25) is 5.91 Å². The highest BCUT2D eigenvalue weighted by Crippen LogP contribution is 2.36. The molecule has 3 aromatic rings. The molecule has 0 saturated carbocycles. The number of carbonyl (C=O) groups is 1. The van der Waals surface area contributed by atoms with E-state index in [2.05, 4.69) is 10.3 Å². The highest BCUT2D eigenvalue weighted by Gasteiger charge is 2.30. The van der Waals surface area contributed by atoms with E-state index in [0.29, 0.717) is 30.0 Å². The molecule has 0 aliphatic rings. The van der Waals surface area contributed by atoms with Crippen LogP contribution in [-0.4, -0.2) is 24.5 Å². The molecule has 0 radical (unpaired) electrons. The Balaban J connectivity index is 2.12. The largest absolute Gasteiger partial charge is 0.497 e. The van der Waals surface area contributed by atoms with Crippen LogP contribution >= 0.6 is 0 Å². The Hall–Kier alpha value is -2.96. The number of nitrogens with one attached hydrogen (secondary N) is 2. The molecule has 3 rings (SSSR count). The Kier molecular flexibility index (Phi) is 5.12. The normalized spacial score (nSPS) is 11.6. The van der Waals surface area contributed by atoms with Crippen molar-refractivity contribution in [2.45, 2.75) is 19.5 Å². The van der Waals surface area contributed by atoms with Gasteiger partial charge in [-0.1, -0.05) is 12.1 Å². The van der Waals surface area contributed by atoms with Gasteiger partial charge < -0.3 is 15.0 Å². The Morgan fingerprint density at radius 1 is 1.19 bits per heavy atom. The fourth-order valence-corrected chi connectivity index (χ4v) is 3.07. The van der Waals surface area contributed by atoms with Crippen molar-refractivity contribution in [1.82, 2.24) is 10.3 Å². The zero-order chi connectivity index (χ0) is 19.6. The molecule has 1 heterocycles. The summed E-state index contributed by atoms with van der Waals surface area (Å²) in [5.74, 6) is 0.492. The van der Waals surface area contributed by atoms with Crippen molar-refractivity contribution in [1.29, 1.82) is 0 Å². The van der Waals surface area contributed by atoms with Crippen LogP contribution in [0.3, 0.4) is 0 Å². The molecule has 1 aromatic heterocycles. The van der Waals surface area contributed by atoms with Crippen LogP contribution in [0.25, 0.3) is 22.2 Å². The van der Waals surface area contributed by atoms with Crippen LogP contribution in [0.5, 0.6) is 5.75 Å². The Morgan fingerprint density at radius 2 is 1.96 bits per heavy atom. The number of carbonyl (C=O) groups excluding carboxylic acids is 1. The number of fused-ring (bicyclic) bond motifs is 1. The van der Waals surface area contributed by atoms with E-state index >= 15 is 0 Å². The first-order valence-corrected chi connectivity index (χ1v) is 8.40. The molecule has 7 heteroatoms. The Labute approximate surface area is 154 Å². The van der Waals surface area contributed by atoms with E-state index in [0.717, 1.165) is 28.6 Å². The number of hydrogen-bond acceptors (Lipinski definition) is 2. The summed E-state index contributed by atoms with van der Waals surface area (Å²) in [6, 6.07) is 10.7. The standard InChI is InChI=1S/C20H19F3N2O2/c1-12(26)24-9-8-16-17-11-15(27-2)6-7-18(17)25-19(16)13-4-3-5-14(10-13)20(21,22)23/h3-7,10-11,25H,8-9H2,1-2H3,(H,24,26). The number of halogens is 3. The minimum Gasteiger partial charge on any atom is -0.497 e. The van der Waals surface area contributed by atoms with Crippen LogP contribution in [0.1, 0.15) is 18.1 Å². The van der Waals surface area contributed by atoms with Crippen LogP contribution in [0, 0.1) is 0 Å². The lowest BCUT2D eigenvalue weighted by atomic mass is 10.0. The first-order chi connectivity index (χ1) is 12.8. The van der Waals surface area contributed by atoms with E-state index in [1.807, 2.05) is 12.1 Å². The first kappa shape index (κ1) is 18.8. The van der Waals surface area contributed by atoms with Gasteiger partial charge in [-0.05, 0) is 47.9 Å². The number of methoxy groups -OCH3 is 1. The third-order valence-corrected chi connectivity index (χ3v) is 4.34. The quantitative estimate of drug-likeness (QED) is 0.687. The lowest BCUT2D eigenvalue weighted by Crippen LogP contribution is -2.22. The van der Waals surface area contributed by atoms with E-state index in [1.165, 1.54) is 13.0 Å². The molecule has 0 unspecified atom stereocenters. The van der Waals surface area contributed by atoms with Crippen molar-refractivity contribution < 1.29 is 22.7 Å². The van der Waals surface area contributed by atoms with Crippen LogP contribution in [0.2, 0.25) is 0 Å². The molecule has 142 valence electrons. The topological polar surface area (TPSA) is 54.1 Å². The van der Waals surface area contributed by atoms with Gasteiger partial charge in [0, 0.05) is 30.1 Å². The lowest BCUT2D eigenvalue weighted by Gasteiger charge is -2.10. The van der Waals surface area contributed by atoms with Gasteiger partial charge in [-0.25, -0.2) is 0 Å². The first-order valence-electron chi connectivity index (χ1n) is 8.40. The summed E-state index contributed by atoms with van der Waals surface area (Å²) in [6.45, 7) is 1.80. The number of aromatic nitrogens is 1. The van der Waals surface area contributed by atoms with Crippen molar-refractivity contribution >= 4 is 16.8 Å². The van der Waals surface area contributed by atoms with Gasteiger partial charge in [0.15, 0.2) is 0 Å². The van der Waals surface area contributed by atoms with Crippen molar-refractivity contribution in [3.05, 3.63) is 53.6 Å². The minimum atomic E-state index is -4.42. The highest BCUT2D eigenvalue weighted by molar-refractivity contribution is 5.92. The lowest BCUT2D eigenvalue weighted by molar-refractivity contribution is -0.137. The molecule has 0 bridgehead atoms. The third kappa shape index (κ3) is 4.07. The second kappa shape index (κ2) is 7.34. The van der Waals surface area contributed by atoms with Crippen LogP contribution < -0.4 is 10.1 Å². The molecule has 4 nitrogen and oxygen atoms in total. The zero-order valence-corrected chi connectivity index (χ0v) is 14.9. The number of hydrogen-bond donors (Lipinski definition) is 2.